The second-order valence-corrected chi connectivity index (χ2v) is 5.66. The third kappa shape index (κ3) is 5.77. The van der Waals surface area contributed by atoms with E-state index in [1.165, 1.54) is 12.1 Å². The van der Waals surface area contributed by atoms with Crippen LogP contribution in [0.3, 0.4) is 0 Å². The number of nitrogens with zero attached hydrogens (tertiary/aromatic N) is 1. The number of para-hydroxylation sites is 1. The number of benzene rings is 2. The van der Waals surface area contributed by atoms with Crippen molar-refractivity contribution in [3.05, 3.63) is 58.6 Å². The second-order valence-electron chi connectivity index (χ2n) is 5.22. The molecule has 0 amide bonds. The van der Waals surface area contributed by atoms with E-state index < -0.39 is 6.61 Å². The summed E-state index contributed by atoms with van der Waals surface area (Å²) in [6.07, 6.45) is 0. The van der Waals surface area contributed by atoms with Crippen LogP contribution in [0.2, 0.25) is 5.02 Å². The molecule has 0 atom stereocenters. The molecule has 0 spiro atoms. The normalized spacial score (nSPS) is 11.4. The van der Waals surface area contributed by atoms with Gasteiger partial charge < -0.3 is 20.1 Å². The van der Waals surface area contributed by atoms with Crippen LogP contribution in [0.25, 0.3) is 0 Å². The van der Waals surface area contributed by atoms with E-state index in [1.54, 1.807) is 20.2 Å². The molecule has 0 saturated carbocycles. The Hall–Kier alpha value is -2.54. The van der Waals surface area contributed by atoms with Crippen LogP contribution in [0, 0.1) is 0 Å². The van der Waals surface area contributed by atoms with Gasteiger partial charge in [-0.1, -0.05) is 29.8 Å². The first-order valence-corrected chi connectivity index (χ1v) is 8.21. The van der Waals surface area contributed by atoms with Crippen LogP contribution in [0.5, 0.6) is 11.5 Å². The maximum Gasteiger partial charge on any atom is 0.387 e. The van der Waals surface area contributed by atoms with Gasteiger partial charge in [0.15, 0.2) is 5.96 Å². The molecule has 8 heteroatoms. The summed E-state index contributed by atoms with van der Waals surface area (Å²) in [5.41, 5.74) is 1.46. The Morgan fingerprint density at radius 3 is 2.42 bits per heavy atom. The summed E-state index contributed by atoms with van der Waals surface area (Å²) in [6.45, 7) is -2.20. The van der Waals surface area contributed by atoms with E-state index in [0.717, 1.165) is 11.3 Å². The molecule has 0 aliphatic rings. The number of nitrogens with one attached hydrogen (secondary N) is 2. The zero-order valence-electron chi connectivity index (χ0n) is 14.4. The van der Waals surface area contributed by atoms with Crippen molar-refractivity contribution in [1.29, 1.82) is 0 Å². The van der Waals surface area contributed by atoms with Gasteiger partial charge in [-0.05, 0) is 24.3 Å². The number of hydrogen-bond donors (Lipinski definition) is 2. The molecule has 140 valence electrons. The van der Waals surface area contributed by atoms with Crippen molar-refractivity contribution in [2.75, 3.05) is 14.2 Å². The van der Waals surface area contributed by atoms with Crippen LogP contribution >= 0.6 is 11.6 Å². The zero-order valence-corrected chi connectivity index (χ0v) is 15.2. The molecular formula is C18H20ClF2N3O2. The lowest BCUT2D eigenvalue weighted by Gasteiger charge is -2.15. The highest BCUT2D eigenvalue weighted by molar-refractivity contribution is 6.30. The third-order valence-corrected chi connectivity index (χ3v) is 3.78. The monoisotopic (exact) mass is 383 g/mol. The lowest BCUT2D eigenvalue weighted by Crippen LogP contribution is -2.36. The minimum atomic E-state index is -2.90. The van der Waals surface area contributed by atoms with Crippen molar-refractivity contribution >= 4 is 17.6 Å². The summed E-state index contributed by atoms with van der Waals surface area (Å²) in [4.78, 5) is 4.12. The molecule has 2 aromatic carbocycles. The van der Waals surface area contributed by atoms with E-state index in [1.807, 2.05) is 24.3 Å². The number of ether oxygens (including phenoxy) is 2. The molecule has 0 radical (unpaired) electrons. The van der Waals surface area contributed by atoms with Gasteiger partial charge in [-0.3, -0.25) is 4.99 Å². The Labute approximate surface area is 156 Å². The fourth-order valence-corrected chi connectivity index (χ4v) is 2.52. The van der Waals surface area contributed by atoms with Gasteiger partial charge in [0.05, 0.1) is 7.11 Å². The minimum Gasteiger partial charge on any atom is -0.496 e. The highest BCUT2D eigenvalue weighted by atomic mass is 35.5. The average Bonchev–Trinajstić information content (AvgIpc) is 2.63. The average molecular weight is 384 g/mol. The maximum atomic E-state index is 12.5. The van der Waals surface area contributed by atoms with Gasteiger partial charge >= 0.3 is 6.61 Å². The Morgan fingerprint density at radius 2 is 1.77 bits per heavy atom. The lowest BCUT2D eigenvalue weighted by atomic mass is 10.2. The van der Waals surface area contributed by atoms with Crippen LogP contribution in [0.1, 0.15) is 11.1 Å². The van der Waals surface area contributed by atoms with Crippen molar-refractivity contribution in [1.82, 2.24) is 10.6 Å². The molecule has 0 aromatic heterocycles. The van der Waals surface area contributed by atoms with Gasteiger partial charge in [0.1, 0.15) is 11.5 Å². The standard InChI is InChI=1S/C18H20ClF2N3O2/c1-22-18(23-10-12-5-3-4-6-15(12)25-2)24-11-13-9-14(19)7-8-16(13)26-17(20)21/h3-9,17H,10-11H2,1-2H3,(H2,22,23,24). The molecule has 5 nitrogen and oxygen atoms in total. The quantitative estimate of drug-likeness (QED) is 0.564. The summed E-state index contributed by atoms with van der Waals surface area (Å²) in [6, 6.07) is 12.1. The first kappa shape index (κ1) is 19.8. The summed E-state index contributed by atoms with van der Waals surface area (Å²) >= 11 is 5.95. The molecule has 0 unspecified atom stereocenters. The molecule has 2 rings (SSSR count). The lowest BCUT2D eigenvalue weighted by molar-refractivity contribution is -0.0504. The molecule has 0 saturated heterocycles. The Bertz CT molecular complexity index is 757. The van der Waals surface area contributed by atoms with Crippen LogP contribution in [-0.2, 0) is 13.1 Å². The number of aliphatic imine (C=N–C) groups is 1. The molecular weight excluding hydrogens is 364 g/mol. The van der Waals surface area contributed by atoms with Gasteiger partial charge in [0.25, 0.3) is 0 Å². The molecule has 0 bridgehead atoms. The molecule has 0 aliphatic heterocycles. The highest BCUT2D eigenvalue weighted by Crippen LogP contribution is 2.24. The van der Waals surface area contributed by atoms with Gasteiger partial charge in [0, 0.05) is 36.3 Å². The van der Waals surface area contributed by atoms with Crippen molar-refractivity contribution in [3.63, 3.8) is 0 Å². The summed E-state index contributed by atoms with van der Waals surface area (Å²) in [7, 11) is 3.22. The Kier molecular flexibility index (Phi) is 7.47. The van der Waals surface area contributed by atoms with Crippen LogP contribution in [-0.4, -0.2) is 26.7 Å². The Balaban J connectivity index is 2.00. The first-order chi connectivity index (χ1) is 12.5. The summed E-state index contributed by atoms with van der Waals surface area (Å²) < 4.78 is 34.9. The molecule has 2 aromatic rings. The van der Waals surface area contributed by atoms with Gasteiger partial charge in [-0.25, -0.2) is 0 Å². The summed E-state index contributed by atoms with van der Waals surface area (Å²) in [5, 5.41) is 6.62. The highest BCUT2D eigenvalue weighted by Gasteiger charge is 2.11. The van der Waals surface area contributed by atoms with E-state index in [9.17, 15) is 8.78 Å². The SMILES string of the molecule is CN=C(NCc1ccccc1OC)NCc1cc(Cl)ccc1OC(F)F. The Morgan fingerprint density at radius 1 is 1.08 bits per heavy atom. The molecule has 0 heterocycles. The van der Waals surface area contributed by atoms with Crippen LogP contribution in [0.4, 0.5) is 8.78 Å². The van der Waals surface area contributed by atoms with E-state index in [4.69, 9.17) is 16.3 Å². The van der Waals surface area contributed by atoms with Crippen LogP contribution < -0.4 is 20.1 Å². The number of hydrogen-bond acceptors (Lipinski definition) is 3. The van der Waals surface area contributed by atoms with E-state index in [0.29, 0.717) is 23.1 Å². The van der Waals surface area contributed by atoms with Gasteiger partial charge in [0.2, 0.25) is 0 Å². The van der Waals surface area contributed by atoms with Crippen LogP contribution in [0.15, 0.2) is 47.5 Å². The number of methoxy groups -OCH3 is 1. The topological polar surface area (TPSA) is 54.9 Å². The molecule has 0 aliphatic carbocycles. The fourth-order valence-electron chi connectivity index (χ4n) is 2.32. The smallest absolute Gasteiger partial charge is 0.387 e. The van der Waals surface area contributed by atoms with E-state index >= 15 is 0 Å². The van der Waals surface area contributed by atoms with E-state index in [-0.39, 0.29) is 12.3 Å². The third-order valence-electron chi connectivity index (χ3n) is 3.55. The predicted molar refractivity (Wildman–Crippen MR) is 98.1 cm³/mol. The zero-order chi connectivity index (χ0) is 18.9. The van der Waals surface area contributed by atoms with E-state index in [2.05, 4.69) is 20.4 Å². The fraction of sp³-hybridized carbons (Fsp3) is 0.278. The molecule has 2 N–H and O–H groups in total. The van der Waals surface area contributed by atoms with Gasteiger partial charge in [-0.15, -0.1) is 0 Å². The minimum absolute atomic E-state index is 0.0667. The number of guanidine groups is 1. The second kappa shape index (κ2) is 9.82. The summed E-state index contributed by atoms with van der Waals surface area (Å²) in [5.74, 6) is 1.33. The first-order valence-electron chi connectivity index (χ1n) is 7.83. The molecule has 26 heavy (non-hydrogen) atoms. The van der Waals surface area contributed by atoms with Crippen molar-refractivity contribution < 1.29 is 18.3 Å². The predicted octanol–water partition coefficient (Wildman–Crippen LogP) is 3.82. The number of rotatable bonds is 7. The van der Waals surface area contributed by atoms with Gasteiger partial charge in [-0.2, -0.15) is 8.78 Å². The molecule has 0 fully saturated rings. The van der Waals surface area contributed by atoms with Crippen molar-refractivity contribution in [2.45, 2.75) is 19.7 Å². The number of halogens is 3. The van der Waals surface area contributed by atoms with Crippen molar-refractivity contribution in [2.24, 2.45) is 4.99 Å². The maximum absolute atomic E-state index is 12.5. The number of alkyl halides is 2. The largest absolute Gasteiger partial charge is 0.496 e. The van der Waals surface area contributed by atoms with Crippen molar-refractivity contribution in [3.8, 4) is 11.5 Å².